The molecule has 0 saturated carbocycles. The number of aromatic nitrogens is 1. The Hall–Kier alpha value is -2.40. The van der Waals surface area contributed by atoms with Crippen LogP contribution in [-0.4, -0.2) is 42.0 Å². The van der Waals surface area contributed by atoms with Crippen molar-refractivity contribution in [3.8, 4) is 5.75 Å². The molecule has 1 aliphatic rings. The minimum absolute atomic E-state index is 0.00757. The maximum Gasteiger partial charge on any atom is 0.253 e. The van der Waals surface area contributed by atoms with E-state index < -0.39 is 0 Å². The summed E-state index contributed by atoms with van der Waals surface area (Å²) >= 11 is 0. The maximum absolute atomic E-state index is 12.7. The van der Waals surface area contributed by atoms with Gasteiger partial charge in [-0.25, -0.2) is 0 Å². The van der Waals surface area contributed by atoms with Crippen LogP contribution in [-0.2, 0) is 0 Å². The average molecular weight is 396 g/mol. The summed E-state index contributed by atoms with van der Waals surface area (Å²) < 4.78 is 5.45. The van der Waals surface area contributed by atoms with Crippen LogP contribution in [0.15, 0.2) is 24.4 Å². The molecule has 3 rings (SSSR count). The van der Waals surface area contributed by atoms with Gasteiger partial charge in [0.1, 0.15) is 5.75 Å². The van der Waals surface area contributed by atoms with E-state index in [9.17, 15) is 4.79 Å². The van der Waals surface area contributed by atoms with Crippen molar-refractivity contribution in [2.45, 2.75) is 59.5 Å². The maximum atomic E-state index is 12.7. The molecule has 2 aromatic rings. The summed E-state index contributed by atoms with van der Waals surface area (Å²) in [7, 11) is 1.72. The van der Waals surface area contributed by atoms with E-state index in [1.165, 1.54) is 16.7 Å². The number of benzene rings is 1. The highest BCUT2D eigenvalue weighted by molar-refractivity contribution is 5.95. The first-order valence-electron chi connectivity index (χ1n) is 10.4. The Labute approximate surface area is 174 Å². The number of hydrogen-bond donors (Lipinski definition) is 1. The van der Waals surface area contributed by atoms with Gasteiger partial charge in [0.25, 0.3) is 5.91 Å². The van der Waals surface area contributed by atoms with Crippen molar-refractivity contribution in [2.24, 2.45) is 0 Å². The van der Waals surface area contributed by atoms with E-state index in [2.05, 4.69) is 48.1 Å². The van der Waals surface area contributed by atoms with Gasteiger partial charge in [0.05, 0.1) is 12.7 Å². The number of carbonyl (C=O) groups is 1. The van der Waals surface area contributed by atoms with E-state index in [0.717, 1.165) is 42.9 Å². The molecule has 1 N–H and O–H groups in total. The molecule has 0 aliphatic carbocycles. The van der Waals surface area contributed by atoms with Gasteiger partial charge >= 0.3 is 0 Å². The highest BCUT2D eigenvalue weighted by atomic mass is 16.5. The molecule has 5 nitrogen and oxygen atoms in total. The van der Waals surface area contributed by atoms with Crippen molar-refractivity contribution in [2.75, 3.05) is 20.2 Å². The lowest BCUT2D eigenvalue weighted by molar-refractivity contribution is 0.0894. The molecule has 0 radical (unpaired) electrons. The van der Waals surface area contributed by atoms with Crippen molar-refractivity contribution >= 4 is 5.91 Å². The molecule has 2 heterocycles. The molecule has 1 aromatic carbocycles. The van der Waals surface area contributed by atoms with Gasteiger partial charge in [-0.15, -0.1) is 0 Å². The standard InChI is InChI=1S/C24H33N3O2/c1-15-13-22(18(4)25-14-15)24(28)26-20-9-11-27(12-10-20)19(5)21-7-8-23(29-6)17(3)16(21)2/h7-8,13-14,19-20H,9-12H2,1-6H3,(H,26,28). The monoisotopic (exact) mass is 395 g/mol. The number of pyridine rings is 1. The highest BCUT2D eigenvalue weighted by Crippen LogP contribution is 2.31. The zero-order valence-electron chi connectivity index (χ0n) is 18.5. The molecule has 1 unspecified atom stereocenters. The number of amides is 1. The van der Waals surface area contributed by atoms with Crippen LogP contribution in [0.3, 0.4) is 0 Å². The van der Waals surface area contributed by atoms with Crippen LogP contribution in [0.4, 0.5) is 0 Å². The largest absolute Gasteiger partial charge is 0.496 e. The third kappa shape index (κ3) is 4.61. The van der Waals surface area contributed by atoms with E-state index >= 15 is 0 Å². The molecule has 1 aromatic heterocycles. The van der Waals surface area contributed by atoms with Gasteiger partial charge in [-0.2, -0.15) is 0 Å². The lowest BCUT2D eigenvalue weighted by atomic mass is 9.94. The van der Waals surface area contributed by atoms with Gasteiger partial charge in [0, 0.05) is 37.1 Å². The summed E-state index contributed by atoms with van der Waals surface area (Å²) in [5.74, 6) is 0.938. The summed E-state index contributed by atoms with van der Waals surface area (Å²) in [6.07, 6.45) is 3.72. The second-order valence-corrected chi connectivity index (χ2v) is 8.21. The van der Waals surface area contributed by atoms with Gasteiger partial charge in [-0.3, -0.25) is 14.7 Å². The normalized spacial score (nSPS) is 16.5. The van der Waals surface area contributed by atoms with Crippen LogP contribution in [0, 0.1) is 27.7 Å². The van der Waals surface area contributed by atoms with E-state index in [-0.39, 0.29) is 11.9 Å². The third-order valence-corrected chi connectivity index (χ3v) is 6.33. The van der Waals surface area contributed by atoms with E-state index in [1.54, 1.807) is 13.3 Å². The fraction of sp³-hybridized carbons (Fsp3) is 0.500. The van der Waals surface area contributed by atoms with Crippen molar-refractivity contribution in [3.63, 3.8) is 0 Å². The number of carbonyl (C=O) groups excluding carboxylic acids is 1. The van der Waals surface area contributed by atoms with Crippen LogP contribution < -0.4 is 10.1 Å². The van der Waals surface area contributed by atoms with Crippen LogP contribution >= 0.6 is 0 Å². The number of ether oxygens (including phenoxy) is 1. The highest BCUT2D eigenvalue weighted by Gasteiger charge is 2.26. The predicted octanol–water partition coefficient (Wildman–Crippen LogP) is 4.28. The summed E-state index contributed by atoms with van der Waals surface area (Å²) in [5, 5.41) is 3.22. The molecule has 1 atom stereocenters. The molecule has 1 aliphatic heterocycles. The molecule has 1 amide bonds. The first-order chi connectivity index (χ1) is 13.8. The minimum atomic E-state index is -0.00757. The Morgan fingerprint density at radius 3 is 2.52 bits per heavy atom. The molecule has 5 heteroatoms. The van der Waals surface area contributed by atoms with E-state index in [0.29, 0.717) is 11.6 Å². The van der Waals surface area contributed by atoms with Gasteiger partial charge in [0.15, 0.2) is 0 Å². The smallest absolute Gasteiger partial charge is 0.253 e. The minimum Gasteiger partial charge on any atom is -0.496 e. The number of rotatable bonds is 5. The van der Waals surface area contributed by atoms with Crippen molar-refractivity contribution in [1.82, 2.24) is 15.2 Å². The van der Waals surface area contributed by atoms with Crippen LogP contribution in [0.2, 0.25) is 0 Å². The Bertz CT molecular complexity index is 886. The zero-order valence-corrected chi connectivity index (χ0v) is 18.5. The Kier molecular flexibility index (Phi) is 6.58. The number of nitrogens with one attached hydrogen (secondary N) is 1. The summed E-state index contributed by atoms with van der Waals surface area (Å²) in [6, 6.07) is 6.74. The first-order valence-corrected chi connectivity index (χ1v) is 10.4. The molecule has 0 bridgehead atoms. The predicted molar refractivity (Wildman–Crippen MR) is 117 cm³/mol. The first kappa shape index (κ1) is 21.3. The second-order valence-electron chi connectivity index (χ2n) is 8.21. The second kappa shape index (κ2) is 8.95. The van der Waals surface area contributed by atoms with Crippen molar-refractivity contribution in [3.05, 3.63) is 57.9 Å². The van der Waals surface area contributed by atoms with E-state index in [1.807, 2.05) is 19.9 Å². The number of nitrogens with zero attached hydrogens (tertiary/aromatic N) is 2. The van der Waals surface area contributed by atoms with Gasteiger partial charge in [-0.1, -0.05) is 6.07 Å². The number of likely N-dealkylation sites (tertiary alicyclic amines) is 1. The van der Waals surface area contributed by atoms with Gasteiger partial charge < -0.3 is 10.1 Å². The molecule has 29 heavy (non-hydrogen) atoms. The van der Waals surface area contributed by atoms with Crippen molar-refractivity contribution < 1.29 is 9.53 Å². The summed E-state index contributed by atoms with van der Waals surface area (Å²) in [5.41, 5.74) is 6.34. The molecular weight excluding hydrogens is 362 g/mol. The van der Waals surface area contributed by atoms with Crippen LogP contribution in [0.5, 0.6) is 5.75 Å². The Morgan fingerprint density at radius 1 is 1.17 bits per heavy atom. The fourth-order valence-electron chi connectivity index (χ4n) is 4.25. The SMILES string of the molecule is COc1ccc(C(C)N2CCC(NC(=O)c3cc(C)cnc3C)CC2)c(C)c1C. The number of methoxy groups -OCH3 is 1. The quantitative estimate of drug-likeness (QED) is 0.821. The lowest BCUT2D eigenvalue weighted by Gasteiger charge is -2.37. The van der Waals surface area contributed by atoms with Crippen molar-refractivity contribution in [1.29, 1.82) is 0 Å². The number of hydrogen-bond acceptors (Lipinski definition) is 4. The number of piperidine rings is 1. The molecule has 1 saturated heterocycles. The number of aryl methyl sites for hydroxylation is 2. The fourth-order valence-corrected chi connectivity index (χ4v) is 4.25. The Balaban J connectivity index is 1.61. The third-order valence-electron chi connectivity index (χ3n) is 6.33. The lowest BCUT2D eigenvalue weighted by Crippen LogP contribution is -2.45. The molecular formula is C24H33N3O2. The molecule has 156 valence electrons. The van der Waals surface area contributed by atoms with Gasteiger partial charge in [-0.05, 0) is 81.8 Å². The summed E-state index contributed by atoms with van der Waals surface area (Å²) in [6.45, 7) is 12.4. The topological polar surface area (TPSA) is 54.5 Å². The van der Waals surface area contributed by atoms with Crippen LogP contribution in [0.25, 0.3) is 0 Å². The van der Waals surface area contributed by atoms with Crippen LogP contribution in [0.1, 0.15) is 64.1 Å². The molecule has 0 spiro atoms. The average Bonchev–Trinajstić information content (AvgIpc) is 2.71. The molecule has 1 fully saturated rings. The zero-order chi connectivity index (χ0) is 21.1. The van der Waals surface area contributed by atoms with E-state index in [4.69, 9.17) is 4.74 Å². The summed E-state index contributed by atoms with van der Waals surface area (Å²) in [4.78, 5) is 19.5. The Morgan fingerprint density at radius 2 is 1.86 bits per heavy atom. The van der Waals surface area contributed by atoms with Gasteiger partial charge in [0.2, 0.25) is 0 Å².